The molecule has 2 aromatic carbocycles. The van der Waals surface area contributed by atoms with Crippen LogP contribution in [0, 0.1) is 0 Å². The fraction of sp³-hybridized carbons (Fsp3) is 0.158. The number of hydrogen-bond donors (Lipinski definition) is 2. The molecule has 0 radical (unpaired) electrons. The first-order chi connectivity index (χ1) is 12.7. The average Bonchev–Trinajstić information content (AvgIpc) is 2.99. The molecule has 26 heavy (non-hydrogen) atoms. The molecule has 1 atom stereocenters. The third-order valence-corrected chi connectivity index (χ3v) is 5.48. The number of imidazole rings is 1. The molecule has 1 amide bonds. The highest BCUT2D eigenvalue weighted by molar-refractivity contribution is 8.00. The van der Waals surface area contributed by atoms with Crippen molar-refractivity contribution >= 4 is 23.5 Å². The van der Waals surface area contributed by atoms with Crippen LogP contribution in [0.3, 0.4) is 0 Å². The van der Waals surface area contributed by atoms with Crippen molar-refractivity contribution in [3.63, 3.8) is 0 Å². The van der Waals surface area contributed by atoms with Crippen molar-refractivity contribution in [1.29, 1.82) is 0 Å². The number of nitrogens with one attached hydrogen (secondary N) is 1. The Balaban J connectivity index is 1.86. The molecule has 3 aromatic rings. The van der Waals surface area contributed by atoms with Crippen LogP contribution in [0.15, 0.2) is 54.9 Å². The lowest BCUT2D eigenvalue weighted by molar-refractivity contribution is -0.113. The summed E-state index contributed by atoms with van der Waals surface area (Å²) in [6, 6.07) is 14.7. The molecule has 1 aliphatic heterocycles. The summed E-state index contributed by atoms with van der Waals surface area (Å²) < 4.78 is 7.29. The minimum atomic E-state index is -0.0988. The number of fused-ring (bicyclic) bond motifs is 1. The zero-order chi connectivity index (χ0) is 18.1. The van der Waals surface area contributed by atoms with Gasteiger partial charge in [-0.3, -0.25) is 9.36 Å². The number of ether oxygens (including phenoxy) is 1. The highest BCUT2D eigenvalue weighted by Gasteiger charge is 2.29. The van der Waals surface area contributed by atoms with E-state index in [4.69, 9.17) is 4.74 Å². The maximum Gasteiger partial charge on any atom is 0.235 e. The van der Waals surface area contributed by atoms with E-state index in [1.807, 2.05) is 41.0 Å². The quantitative estimate of drug-likeness (QED) is 0.742. The number of methoxy groups -OCH3 is 1. The number of amides is 1. The lowest BCUT2D eigenvalue weighted by Gasteiger charge is -2.18. The van der Waals surface area contributed by atoms with Crippen LogP contribution >= 0.6 is 11.8 Å². The number of phenolic OH excluding ortho intramolecular Hbond substituents is 1. The van der Waals surface area contributed by atoms with Gasteiger partial charge >= 0.3 is 0 Å². The Morgan fingerprint density at radius 1 is 1.27 bits per heavy atom. The summed E-state index contributed by atoms with van der Waals surface area (Å²) in [7, 11) is 1.63. The van der Waals surface area contributed by atoms with Gasteiger partial charge in [0.05, 0.1) is 29.5 Å². The molecule has 2 heterocycles. The smallest absolute Gasteiger partial charge is 0.235 e. The van der Waals surface area contributed by atoms with E-state index in [-0.39, 0.29) is 16.9 Å². The maximum atomic E-state index is 12.1. The van der Waals surface area contributed by atoms with Gasteiger partial charge in [0.1, 0.15) is 17.8 Å². The van der Waals surface area contributed by atoms with Crippen molar-refractivity contribution in [3.8, 4) is 17.2 Å². The molecule has 0 spiro atoms. The van der Waals surface area contributed by atoms with Crippen LogP contribution in [0.4, 0.5) is 5.82 Å². The number of thioether (sulfide) groups is 1. The first-order valence-corrected chi connectivity index (χ1v) is 9.12. The maximum absolute atomic E-state index is 12.1. The topological polar surface area (TPSA) is 76.4 Å². The zero-order valence-electron chi connectivity index (χ0n) is 14.0. The van der Waals surface area contributed by atoms with Gasteiger partial charge in [-0.2, -0.15) is 0 Å². The first-order valence-electron chi connectivity index (χ1n) is 8.08. The lowest BCUT2D eigenvalue weighted by Crippen LogP contribution is -2.12. The highest BCUT2D eigenvalue weighted by Crippen LogP contribution is 2.42. The van der Waals surface area contributed by atoms with Crippen LogP contribution in [-0.2, 0) is 4.79 Å². The van der Waals surface area contributed by atoms with Gasteiger partial charge in [0.2, 0.25) is 5.91 Å². The molecule has 0 bridgehead atoms. The van der Waals surface area contributed by atoms with Gasteiger partial charge in [-0.1, -0.05) is 18.2 Å². The van der Waals surface area contributed by atoms with Gasteiger partial charge in [-0.05, 0) is 29.8 Å². The van der Waals surface area contributed by atoms with Gasteiger partial charge in [-0.15, -0.1) is 11.8 Å². The third kappa shape index (κ3) is 3.01. The number of aromatic nitrogens is 2. The Morgan fingerprint density at radius 3 is 2.85 bits per heavy atom. The predicted molar refractivity (Wildman–Crippen MR) is 101 cm³/mol. The van der Waals surface area contributed by atoms with Crippen LogP contribution in [0.25, 0.3) is 5.69 Å². The van der Waals surface area contributed by atoms with E-state index in [1.54, 1.807) is 25.6 Å². The normalized spacial score (nSPS) is 16.5. The second-order valence-electron chi connectivity index (χ2n) is 5.88. The molecule has 0 aliphatic carbocycles. The highest BCUT2D eigenvalue weighted by atomic mass is 32.2. The van der Waals surface area contributed by atoms with Crippen molar-refractivity contribution < 1.29 is 14.6 Å². The number of carbonyl (C=O) groups is 1. The molecular formula is C19H17N3O3S. The third-order valence-electron chi connectivity index (χ3n) is 4.22. The van der Waals surface area contributed by atoms with Crippen LogP contribution < -0.4 is 10.1 Å². The molecule has 132 valence electrons. The van der Waals surface area contributed by atoms with Gasteiger partial charge in [0.15, 0.2) is 5.82 Å². The number of benzene rings is 2. The summed E-state index contributed by atoms with van der Waals surface area (Å²) >= 11 is 1.53. The minimum absolute atomic E-state index is 0.0755. The molecule has 4 rings (SSSR count). The lowest BCUT2D eigenvalue weighted by atomic mass is 10.1. The summed E-state index contributed by atoms with van der Waals surface area (Å²) in [5.74, 6) is 1.77. The van der Waals surface area contributed by atoms with Crippen molar-refractivity contribution in [2.45, 2.75) is 5.25 Å². The molecule has 6 nitrogen and oxygen atoms in total. The van der Waals surface area contributed by atoms with E-state index in [1.165, 1.54) is 11.8 Å². The minimum Gasteiger partial charge on any atom is -0.508 e. The van der Waals surface area contributed by atoms with Gasteiger partial charge in [-0.25, -0.2) is 4.98 Å². The Hall–Kier alpha value is -2.93. The van der Waals surface area contributed by atoms with E-state index in [0.717, 1.165) is 22.7 Å². The summed E-state index contributed by atoms with van der Waals surface area (Å²) in [6.07, 6.45) is 1.71. The van der Waals surface area contributed by atoms with Crippen LogP contribution in [0.5, 0.6) is 11.5 Å². The second-order valence-corrected chi connectivity index (χ2v) is 6.97. The molecule has 0 saturated carbocycles. The fourth-order valence-electron chi connectivity index (χ4n) is 2.98. The average molecular weight is 367 g/mol. The van der Waals surface area contributed by atoms with Crippen molar-refractivity contribution in [2.24, 2.45) is 0 Å². The largest absolute Gasteiger partial charge is 0.508 e. The van der Waals surface area contributed by atoms with Gasteiger partial charge in [0.25, 0.3) is 0 Å². The summed E-state index contributed by atoms with van der Waals surface area (Å²) in [4.78, 5) is 16.5. The standard InChI is InChI=1S/C19H17N3O3S/c1-25-15-4-2-3-13(9-15)22-11-20-19-17(22)18(26-10-16(24)21-19)12-5-7-14(23)8-6-12/h2-9,11,18,23H,10H2,1H3,(H,21,24). The number of hydrogen-bond acceptors (Lipinski definition) is 5. The molecular weight excluding hydrogens is 350 g/mol. The summed E-state index contributed by atoms with van der Waals surface area (Å²) in [5.41, 5.74) is 2.79. The van der Waals surface area contributed by atoms with E-state index < -0.39 is 0 Å². The van der Waals surface area contributed by atoms with E-state index in [0.29, 0.717) is 11.6 Å². The molecule has 1 aliphatic rings. The van der Waals surface area contributed by atoms with Gasteiger partial charge < -0.3 is 15.2 Å². The first kappa shape index (κ1) is 16.5. The Labute approximate surface area is 154 Å². The monoisotopic (exact) mass is 367 g/mol. The number of carbonyl (C=O) groups excluding carboxylic acids is 1. The molecule has 0 fully saturated rings. The van der Waals surface area contributed by atoms with Crippen LogP contribution in [0.2, 0.25) is 0 Å². The Bertz CT molecular complexity index is 953. The van der Waals surface area contributed by atoms with Crippen molar-refractivity contribution in [2.75, 3.05) is 18.2 Å². The predicted octanol–water partition coefficient (Wildman–Crippen LogP) is 3.36. The molecule has 1 aromatic heterocycles. The number of nitrogens with zero attached hydrogens (tertiary/aromatic N) is 2. The summed E-state index contributed by atoms with van der Waals surface area (Å²) in [6.45, 7) is 0. The van der Waals surface area contributed by atoms with Crippen LogP contribution in [0.1, 0.15) is 16.5 Å². The second kappa shape index (κ2) is 6.76. The fourth-order valence-corrected chi connectivity index (χ4v) is 4.10. The number of aromatic hydroxyl groups is 1. The summed E-state index contributed by atoms with van der Waals surface area (Å²) in [5, 5.41) is 12.4. The molecule has 0 saturated heterocycles. The molecule has 7 heteroatoms. The van der Waals surface area contributed by atoms with Crippen molar-refractivity contribution in [1.82, 2.24) is 9.55 Å². The zero-order valence-corrected chi connectivity index (χ0v) is 14.9. The van der Waals surface area contributed by atoms with E-state index >= 15 is 0 Å². The van der Waals surface area contributed by atoms with Crippen LogP contribution in [-0.4, -0.2) is 33.4 Å². The van der Waals surface area contributed by atoms with E-state index in [2.05, 4.69) is 10.3 Å². The molecule has 2 N–H and O–H groups in total. The molecule has 1 unspecified atom stereocenters. The Morgan fingerprint density at radius 2 is 2.08 bits per heavy atom. The van der Waals surface area contributed by atoms with E-state index in [9.17, 15) is 9.90 Å². The Kier molecular flexibility index (Phi) is 4.30. The van der Waals surface area contributed by atoms with Gasteiger partial charge in [0, 0.05) is 6.07 Å². The number of rotatable bonds is 3. The number of anilines is 1. The van der Waals surface area contributed by atoms with Crippen molar-refractivity contribution in [3.05, 3.63) is 66.1 Å². The SMILES string of the molecule is COc1cccc(-n2cnc3c2C(c2ccc(O)cc2)SCC(=O)N3)c1. The number of phenols is 1.